The maximum atomic E-state index is 12.0. The molecule has 0 amide bonds. The van der Waals surface area contributed by atoms with E-state index in [-0.39, 0.29) is 30.2 Å². The van der Waals surface area contributed by atoms with Gasteiger partial charge in [-0.1, -0.05) is 18.2 Å². The Labute approximate surface area is 155 Å². The maximum absolute atomic E-state index is 12.0. The van der Waals surface area contributed by atoms with Crippen LogP contribution in [0, 0.1) is 21.4 Å². The number of esters is 1. The first-order chi connectivity index (χ1) is 13.0. The van der Waals surface area contributed by atoms with Crippen LogP contribution in [0.2, 0.25) is 0 Å². The van der Waals surface area contributed by atoms with Crippen molar-refractivity contribution >= 4 is 17.7 Å². The number of methoxy groups -OCH3 is 1. The average molecular weight is 368 g/mol. The molecule has 2 aromatic rings. The molecule has 0 heterocycles. The molecule has 138 valence electrons. The lowest BCUT2D eigenvalue weighted by Crippen LogP contribution is -2.13. The fourth-order valence-electron chi connectivity index (χ4n) is 2.23. The Hall–Kier alpha value is -3.70. The van der Waals surface area contributed by atoms with Crippen molar-refractivity contribution in [3.05, 3.63) is 74.8 Å². The van der Waals surface area contributed by atoms with Gasteiger partial charge >= 0.3 is 11.7 Å². The van der Waals surface area contributed by atoms with Crippen molar-refractivity contribution in [1.29, 1.82) is 5.26 Å². The van der Waals surface area contributed by atoms with Gasteiger partial charge in [-0.15, -0.1) is 0 Å². The molecule has 0 atom stereocenters. The largest absolute Gasteiger partial charge is 0.482 e. The van der Waals surface area contributed by atoms with Crippen LogP contribution < -0.4 is 4.74 Å². The Bertz CT molecular complexity index is 913. The number of carbonyl (C=O) groups is 1. The SMILES string of the molecule is COC(=O)/C(=C\c1ccc(C#N)cc1)COc1ccc(CO)cc1[N+](=O)[O-]. The Kier molecular flexibility index (Phi) is 6.63. The van der Waals surface area contributed by atoms with Crippen LogP contribution in [0.15, 0.2) is 48.0 Å². The van der Waals surface area contributed by atoms with Crippen LogP contribution in [-0.4, -0.2) is 29.7 Å². The molecule has 0 aliphatic heterocycles. The highest BCUT2D eigenvalue weighted by atomic mass is 16.6. The molecule has 0 saturated heterocycles. The first kappa shape index (κ1) is 19.6. The molecule has 0 bridgehead atoms. The third kappa shape index (κ3) is 5.14. The summed E-state index contributed by atoms with van der Waals surface area (Å²) in [5, 5.41) is 29.1. The molecular formula is C19H16N2O6. The number of rotatable bonds is 7. The molecule has 0 saturated carbocycles. The van der Waals surface area contributed by atoms with Gasteiger partial charge in [0.05, 0.1) is 35.8 Å². The minimum atomic E-state index is -0.644. The summed E-state index contributed by atoms with van der Waals surface area (Å²) in [7, 11) is 1.22. The number of benzene rings is 2. The second-order valence-corrected chi connectivity index (χ2v) is 5.40. The van der Waals surface area contributed by atoms with Crippen LogP contribution in [-0.2, 0) is 16.1 Å². The summed E-state index contributed by atoms with van der Waals surface area (Å²) in [5.74, 6) is -0.680. The second-order valence-electron chi connectivity index (χ2n) is 5.40. The van der Waals surface area contributed by atoms with E-state index in [4.69, 9.17) is 19.8 Å². The van der Waals surface area contributed by atoms with Crippen molar-refractivity contribution < 1.29 is 24.3 Å². The molecule has 0 spiro atoms. The topological polar surface area (TPSA) is 123 Å². The molecule has 1 N–H and O–H groups in total. The number of hydrogen-bond donors (Lipinski definition) is 1. The molecule has 2 rings (SSSR count). The Morgan fingerprint density at radius 2 is 2.00 bits per heavy atom. The van der Waals surface area contributed by atoms with Crippen LogP contribution in [0.25, 0.3) is 6.08 Å². The first-order valence-corrected chi connectivity index (χ1v) is 7.78. The van der Waals surface area contributed by atoms with Gasteiger partial charge in [-0.2, -0.15) is 5.26 Å². The Morgan fingerprint density at radius 3 is 2.56 bits per heavy atom. The summed E-state index contributed by atoms with van der Waals surface area (Å²) >= 11 is 0. The van der Waals surface area contributed by atoms with Gasteiger partial charge in [0.15, 0.2) is 5.75 Å². The van der Waals surface area contributed by atoms with E-state index < -0.39 is 10.9 Å². The standard InChI is InChI=1S/C19H16N2O6/c1-26-19(23)16(8-13-2-4-14(10-20)5-3-13)12-27-18-7-6-15(11-22)9-17(18)21(24)25/h2-9,22H,11-12H2,1H3/b16-8-. The van der Waals surface area contributed by atoms with Gasteiger partial charge in [0.2, 0.25) is 0 Å². The number of hydrogen-bond acceptors (Lipinski definition) is 7. The van der Waals surface area contributed by atoms with E-state index in [1.165, 1.54) is 31.4 Å². The summed E-state index contributed by atoms with van der Waals surface area (Å²) in [6.07, 6.45) is 1.51. The molecule has 8 heteroatoms. The predicted octanol–water partition coefficient (Wildman–Crippen LogP) is 2.59. The Morgan fingerprint density at radius 1 is 1.30 bits per heavy atom. The minimum absolute atomic E-state index is 0.0353. The fourth-order valence-corrected chi connectivity index (χ4v) is 2.23. The normalized spacial score (nSPS) is 10.8. The maximum Gasteiger partial charge on any atom is 0.337 e. The van der Waals surface area contributed by atoms with Gasteiger partial charge in [0.1, 0.15) is 6.61 Å². The summed E-state index contributed by atoms with van der Waals surface area (Å²) in [5.41, 5.74) is 1.31. The van der Waals surface area contributed by atoms with Crippen LogP contribution in [0.4, 0.5) is 5.69 Å². The number of nitro groups is 1. The lowest BCUT2D eigenvalue weighted by molar-refractivity contribution is -0.385. The quantitative estimate of drug-likeness (QED) is 0.345. The molecule has 0 radical (unpaired) electrons. The lowest BCUT2D eigenvalue weighted by Gasteiger charge is -2.10. The highest BCUT2D eigenvalue weighted by molar-refractivity contribution is 5.94. The van der Waals surface area contributed by atoms with Gasteiger partial charge in [0.25, 0.3) is 0 Å². The highest BCUT2D eigenvalue weighted by Crippen LogP contribution is 2.28. The van der Waals surface area contributed by atoms with E-state index in [0.29, 0.717) is 16.7 Å². The van der Waals surface area contributed by atoms with E-state index >= 15 is 0 Å². The third-order valence-corrected chi connectivity index (χ3v) is 3.61. The van der Waals surface area contributed by atoms with E-state index in [1.807, 2.05) is 6.07 Å². The predicted molar refractivity (Wildman–Crippen MR) is 95.7 cm³/mol. The summed E-state index contributed by atoms with van der Waals surface area (Å²) in [4.78, 5) is 22.5. The van der Waals surface area contributed by atoms with Gasteiger partial charge in [-0.05, 0) is 35.4 Å². The Balaban J connectivity index is 2.27. The summed E-state index contributed by atoms with van der Waals surface area (Å²) in [6.45, 7) is -0.598. The third-order valence-electron chi connectivity index (χ3n) is 3.61. The van der Waals surface area contributed by atoms with E-state index in [0.717, 1.165) is 0 Å². The molecule has 8 nitrogen and oxygen atoms in total. The van der Waals surface area contributed by atoms with Crippen LogP contribution >= 0.6 is 0 Å². The molecule has 0 aliphatic rings. The fraction of sp³-hybridized carbons (Fsp3) is 0.158. The van der Waals surface area contributed by atoms with E-state index in [1.54, 1.807) is 24.3 Å². The van der Waals surface area contributed by atoms with Gasteiger partial charge < -0.3 is 14.6 Å². The first-order valence-electron chi connectivity index (χ1n) is 7.78. The monoisotopic (exact) mass is 368 g/mol. The molecule has 0 fully saturated rings. The smallest absolute Gasteiger partial charge is 0.337 e. The van der Waals surface area contributed by atoms with Crippen LogP contribution in [0.1, 0.15) is 16.7 Å². The van der Waals surface area contributed by atoms with Crippen molar-refractivity contribution in [3.63, 3.8) is 0 Å². The minimum Gasteiger partial charge on any atom is -0.482 e. The van der Waals surface area contributed by atoms with Gasteiger partial charge in [-0.25, -0.2) is 4.79 Å². The zero-order chi connectivity index (χ0) is 19.8. The number of nitro benzene ring substituents is 1. The number of nitriles is 1. The molecular weight excluding hydrogens is 352 g/mol. The molecule has 0 aliphatic carbocycles. The lowest BCUT2D eigenvalue weighted by atomic mass is 10.1. The molecule has 0 aromatic heterocycles. The van der Waals surface area contributed by atoms with E-state index in [2.05, 4.69) is 0 Å². The number of nitrogens with zero attached hydrogens (tertiary/aromatic N) is 2. The summed E-state index contributed by atoms with van der Waals surface area (Å²) < 4.78 is 10.2. The van der Waals surface area contributed by atoms with Gasteiger partial charge in [0, 0.05) is 6.07 Å². The van der Waals surface area contributed by atoms with Crippen LogP contribution in [0.5, 0.6) is 5.75 Å². The molecule has 2 aromatic carbocycles. The number of aliphatic hydroxyl groups is 1. The second kappa shape index (κ2) is 9.12. The zero-order valence-corrected chi connectivity index (χ0v) is 14.4. The number of ether oxygens (including phenoxy) is 2. The van der Waals surface area contributed by atoms with Crippen molar-refractivity contribution in [1.82, 2.24) is 0 Å². The van der Waals surface area contributed by atoms with Crippen molar-refractivity contribution in [2.24, 2.45) is 0 Å². The van der Waals surface area contributed by atoms with E-state index in [9.17, 15) is 14.9 Å². The van der Waals surface area contributed by atoms with Crippen LogP contribution in [0.3, 0.4) is 0 Å². The number of carbonyl (C=O) groups excluding carboxylic acids is 1. The van der Waals surface area contributed by atoms with Crippen molar-refractivity contribution in [3.8, 4) is 11.8 Å². The summed E-state index contributed by atoms with van der Waals surface area (Å²) in [6, 6.07) is 12.6. The molecule has 27 heavy (non-hydrogen) atoms. The van der Waals surface area contributed by atoms with Gasteiger partial charge in [-0.3, -0.25) is 10.1 Å². The molecule has 0 unspecified atom stereocenters. The number of aliphatic hydroxyl groups excluding tert-OH is 1. The average Bonchev–Trinajstić information content (AvgIpc) is 2.70. The van der Waals surface area contributed by atoms with Crippen molar-refractivity contribution in [2.45, 2.75) is 6.61 Å². The zero-order valence-electron chi connectivity index (χ0n) is 14.4. The highest BCUT2D eigenvalue weighted by Gasteiger charge is 2.18. The van der Waals surface area contributed by atoms with Crippen molar-refractivity contribution in [2.75, 3.05) is 13.7 Å².